The van der Waals surface area contributed by atoms with E-state index in [2.05, 4.69) is 24.1 Å². The lowest BCUT2D eigenvalue weighted by Gasteiger charge is -2.25. The summed E-state index contributed by atoms with van der Waals surface area (Å²) in [5, 5.41) is 21.7. The molecule has 1 amide bonds. The van der Waals surface area contributed by atoms with Gasteiger partial charge in [-0.05, 0) is 44.6 Å². The van der Waals surface area contributed by atoms with E-state index in [1.54, 1.807) is 24.3 Å². The maximum Gasteiger partial charge on any atom is 0.323 e. The van der Waals surface area contributed by atoms with E-state index in [1.807, 2.05) is 0 Å². The standard InChI is InChI=1S/C21H31N3O6/c1-3-23(4-2)12-8-7-9-15(21(28)29)22-16-14-30-18-11-6-5-10-17(18)24(20(16)27)13-19(25)26/h5-6,10-11,15-16,22H,3-4,7-9,12-14H2,1-2H3,(H,25,26)(H,28,29)/t15-,16?/m0/s1. The number of ether oxygens (including phenoxy) is 1. The first-order chi connectivity index (χ1) is 14.4. The van der Waals surface area contributed by atoms with Crippen molar-refractivity contribution < 1.29 is 29.3 Å². The SMILES string of the molecule is CCN(CC)CCCC[C@H](NC1COc2ccccc2N(CC(=O)O)C1=O)C(=O)O. The molecule has 0 aliphatic carbocycles. The molecule has 0 fully saturated rings. The maximum atomic E-state index is 13.0. The first-order valence-electron chi connectivity index (χ1n) is 10.3. The van der Waals surface area contributed by atoms with Gasteiger partial charge in [-0.15, -0.1) is 0 Å². The highest BCUT2D eigenvalue weighted by Gasteiger charge is 2.35. The van der Waals surface area contributed by atoms with E-state index in [9.17, 15) is 24.6 Å². The number of carboxylic acids is 2. The normalized spacial score (nSPS) is 17.2. The molecule has 9 nitrogen and oxygen atoms in total. The third-order valence-electron chi connectivity index (χ3n) is 5.23. The molecular weight excluding hydrogens is 390 g/mol. The van der Waals surface area contributed by atoms with Crippen LogP contribution >= 0.6 is 0 Å². The van der Waals surface area contributed by atoms with Crippen LogP contribution in [0, 0.1) is 0 Å². The topological polar surface area (TPSA) is 119 Å². The molecule has 1 aliphatic rings. The number of nitrogens with one attached hydrogen (secondary N) is 1. The Morgan fingerprint density at radius 3 is 2.57 bits per heavy atom. The summed E-state index contributed by atoms with van der Waals surface area (Å²) in [5.74, 6) is -2.33. The van der Waals surface area contributed by atoms with Gasteiger partial charge in [0, 0.05) is 0 Å². The molecule has 2 rings (SSSR count). The average molecular weight is 421 g/mol. The summed E-state index contributed by atoms with van der Waals surface area (Å²) in [6.45, 7) is 6.37. The molecule has 1 unspecified atom stereocenters. The molecule has 1 aliphatic heterocycles. The second kappa shape index (κ2) is 11.5. The lowest BCUT2D eigenvalue weighted by molar-refractivity contribution is -0.141. The van der Waals surface area contributed by atoms with Crippen molar-refractivity contribution in [1.82, 2.24) is 10.2 Å². The van der Waals surface area contributed by atoms with Gasteiger partial charge in [-0.25, -0.2) is 0 Å². The smallest absolute Gasteiger partial charge is 0.323 e. The Hall–Kier alpha value is -2.65. The summed E-state index contributed by atoms with van der Waals surface area (Å²) in [6.07, 6.45) is 1.92. The zero-order valence-corrected chi connectivity index (χ0v) is 17.5. The van der Waals surface area contributed by atoms with Crippen molar-refractivity contribution in [1.29, 1.82) is 0 Å². The predicted octanol–water partition coefficient (Wildman–Crippen LogP) is 1.42. The number of carbonyl (C=O) groups excluding carboxylic acids is 1. The second-order valence-corrected chi connectivity index (χ2v) is 7.23. The summed E-state index contributed by atoms with van der Waals surface area (Å²) in [7, 11) is 0. The van der Waals surface area contributed by atoms with Crippen LogP contribution in [0.4, 0.5) is 5.69 Å². The van der Waals surface area contributed by atoms with Crippen molar-refractivity contribution in [2.45, 2.75) is 45.2 Å². The molecule has 9 heteroatoms. The lowest BCUT2D eigenvalue weighted by Crippen LogP contribution is -2.54. The number of hydrogen-bond acceptors (Lipinski definition) is 6. The van der Waals surface area contributed by atoms with Gasteiger partial charge < -0.3 is 19.8 Å². The van der Waals surface area contributed by atoms with Crippen LogP contribution in [0.5, 0.6) is 5.75 Å². The van der Waals surface area contributed by atoms with Gasteiger partial charge in [-0.1, -0.05) is 32.4 Å². The monoisotopic (exact) mass is 421 g/mol. The molecule has 0 saturated heterocycles. The number of unbranched alkanes of at least 4 members (excludes halogenated alkanes) is 1. The number of aliphatic carboxylic acids is 2. The van der Waals surface area contributed by atoms with Gasteiger partial charge in [-0.3, -0.25) is 24.6 Å². The fraction of sp³-hybridized carbons (Fsp3) is 0.571. The molecule has 2 atom stereocenters. The average Bonchev–Trinajstić information content (AvgIpc) is 2.84. The van der Waals surface area contributed by atoms with Gasteiger partial charge in [-0.2, -0.15) is 0 Å². The van der Waals surface area contributed by atoms with E-state index in [-0.39, 0.29) is 6.61 Å². The number of hydrogen-bond donors (Lipinski definition) is 3. The number of carbonyl (C=O) groups is 3. The number of benzene rings is 1. The van der Waals surface area contributed by atoms with E-state index in [0.29, 0.717) is 24.3 Å². The zero-order chi connectivity index (χ0) is 22.1. The quantitative estimate of drug-likeness (QED) is 0.434. The van der Waals surface area contributed by atoms with Crippen molar-refractivity contribution in [3.8, 4) is 5.75 Å². The molecule has 166 valence electrons. The van der Waals surface area contributed by atoms with E-state index in [0.717, 1.165) is 31.0 Å². The Morgan fingerprint density at radius 1 is 1.23 bits per heavy atom. The molecular formula is C21H31N3O6. The molecule has 0 saturated carbocycles. The van der Waals surface area contributed by atoms with Crippen molar-refractivity contribution in [3.05, 3.63) is 24.3 Å². The minimum Gasteiger partial charge on any atom is -0.489 e. The van der Waals surface area contributed by atoms with E-state index >= 15 is 0 Å². The number of para-hydroxylation sites is 2. The van der Waals surface area contributed by atoms with Crippen LogP contribution in [0.2, 0.25) is 0 Å². The van der Waals surface area contributed by atoms with Crippen LogP contribution in [0.15, 0.2) is 24.3 Å². The largest absolute Gasteiger partial charge is 0.489 e. The number of carboxylic acid groups (broad SMARTS) is 2. The van der Waals surface area contributed by atoms with E-state index in [4.69, 9.17) is 4.74 Å². The summed E-state index contributed by atoms with van der Waals surface area (Å²) in [6, 6.07) is 4.80. The van der Waals surface area contributed by atoms with Gasteiger partial charge >= 0.3 is 11.9 Å². The molecule has 1 aromatic carbocycles. The highest BCUT2D eigenvalue weighted by Crippen LogP contribution is 2.31. The van der Waals surface area contributed by atoms with Crippen molar-refractivity contribution in [2.75, 3.05) is 37.7 Å². The van der Waals surface area contributed by atoms with Crippen LogP contribution in [0.3, 0.4) is 0 Å². The summed E-state index contributed by atoms with van der Waals surface area (Å²) < 4.78 is 5.69. The van der Waals surface area contributed by atoms with Gasteiger partial charge in [0.05, 0.1) is 5.69 Å². The van der Waals surface area contributed by atoms with Gasteiger partial charge in [0.1, 0.15) is 31.0 Å². The van der Waals surface area contributed by atoms with Crippen LogP contribution in [-0.4, -0.2) is 77.8 Å². The minimum atomic E-state index is -1.16. The molecule has 3 N–H and O–H groups in total. The Balaban J connectivity index is 2.06. The molecule has 0 radical (unpaired) electrons. The van der Waals surface area contributed by atoms with Gasteiger partial charge in [0.25, 0.3) is 0 Å². The minimum absolute atomic E-state index is 0.0742. The number of anilines is 1. The Morgan fingerprint density at radius 2 is 1.93 bits per heavy atom. The number of rotatable bonds is 12. The van der Waals surface area contributed by atoms with Crippen LogP contribution in [-0.2, 0) is 14.4 Å². The summed E-state index contributed by atoms with van der Waals surface area (Å²) in [4.78, 5) is 39.5. The Labute approximate surface area is 176 Å². The number of amides is 1. The highest BCUT2D eigenvalue weighted by molar-refractivity contribution is 6.02. The Kier molecular flexibility index (Phi) is 9.07. The fourth-order valence-corrected chi connectivity index (χ4v) is 3.52. The van der Waals surface area contributed by atoms with Crippen LogP contribution in [0.25, 0.3) is 0 Å². The first kappa shape index (κ1) is 23.6. The molecule has 0 aromatic heterocycles. The van der Waals surface area contributed by atoms with Crippen molar-refractivity contribution in [2.24, 2.45) is 0 Å². The molecule has 0 spiro atoms. The third kappa shape index (κ3) is 6.43. The highest BCUT2D eigenvalue weighted by atomic mass is 16.5. The second-order valence-electron chi connectivity index (χ2n) is 7.23. The van der Waals surface area contributed by atoms with Crippen molar-refractivity contribution >= 4 is 23.5 Å². The molecule has 0 bridgehead atoms. The van der Waals surface area contributed by atoms with Gasteiger partial charge in [0.15, 0.2) is 0 Å². The van der Waals surface area contributed by atoms with Crippen molar-refractivity contribution in [3.63, 3.8) is 0 Å². The first-order valence-corrected chi connectivity index (χ1v) is 10.3. The Bertz CT molecular complexity index is 737. The molecule has 1 heterocycles. The van der Waals surface area contributed by atoms with Crippen LogP contribution in [0.1, 0.15) is 33.1 Å². The molecule has 1 aromatic rings. The van der Waals surface area contributed by atoms with E-state index < -0.39 is 36.5 Å². The number of nitrogens with zero attached hydrogens (tertiary/aromatic N) is 2. The lowest BCUT2D eigenvalue weighted by atomic mass is 10.1. The van der Waals surface area contributed by atoms with Crippen LogP contribution < -0.4 is 15.0 Å². The summed E-state index contributed by atoms with van der Waals surface area (Å²) >= 11 is 0. The molecule has 30 heavy (non-hydrogen) atoms. The number of fused-ring (bicyclic) bond motifs is 1. The maximum absolute atomic E-state index is 13.0. The predicted molar refractivity (Wildman–Crippen MR) is 112 cm³/mol. The summed E-state index contributed by atoms with van der Waals surface area (Å²) in [5.41, 5.74) is 0.361. The zero-order valence-electron chi connectivity index (χ0n) is 17.5. The third-order valence-corrected chi connectivity index (χ3v) is 5.23. The van der Waals surface area contributed by atoms with E-state index in [1.165, 1.54) is 0 Å². The van der Waals surface area contributed by atoms with Gasteiger partial charge in [0.2, 0.25) is 5.91 Å². The fourth-order valence-electron chi connectivity index (χ4n) is 3.52.